The predicted molar refractivity (Wildman–Crippen MR) is 97.2 cm³/mol. The van der Waals surface area contributed by atoms with Gasteiger partial charge in [-0.25, -0.2) is 21.6 Å². The lowest BCUT2D eigenvalue weighted by Gasteiger charge is -2.21. The van der Waals surface area contributed by atoms with Crippen molar-refractivity contribution in [3.8, 4) is 5.75 Å². The average molecular weight is 416 g/mol. The molecule has 3 aliphatic carbocycles. The molecule has 154 valence electrons. The smallest absolute Gasteiger partial charge is 0.254 e. The van der Waals surface area contributed by atoms with Crippen LogP contribution in [0.3, 0.4) is 0 Å². The summed E-state index contributed by atoms with van der Waals surface area (Å²) in [6, 6.07) is 2.54. The molecule has 0 heterocycles. The third-order valence-electron chi connectivity index (χ3n) is 6.12. The van der Waals surface area contributed by atoms with Crippen LogP contribution in [-0.4, -0.2) is 38.7 Å². The van der Waals surface area contributed by atoms with E-state index in [1.54, 1.807) is 0 Å². The van der Waals surface area contributed by atoms with E-state index in [9.17, 15) is 26.4 Å². The quantitative estimate of drug-likeness (QED) is 0.631. The van der Waals surface area contributed by atoms with Gasteiger partial charge in [-0.1, -0.05) is 0 Å². The van der Waals surface area contributed by atoms with E-state index in [4.69, 9.17) is 4.74 Å². The fraction of sp³-hybridized carbons (Fsp3) is 0.650. The Labute approximate surface area is 162 Å². The van der Waals surface area contributed by atoms with Crippen LogP contribution in [0.5, 0.6) is 5.75 Å². The third kappa shape index (κ3) is 3.93. The number of sulfone groups is 1. The van der Waals surface area contributed by atoms with Gasteiger partial charge >= 0.3 is 0 Å². The Balaban J connectivity index is 1.48. The van der Waals surface area contributed by atoms with Crippen LogP contribution in [0.4, 0.5) is 13.2 Å². The molecule has 3 saturated carbocycles. The number of carbonyl (C=O) groups excluding carboxylic acids is 1. The fourth-order valence-corrected chi connectivity index (χ4v) is 5.00. The first kappa shape index (κ1) is 19.7. The number of hydrogen-bond acceptors (Lipinski definition) is 4. The van der Waals surface area contributed by atoms with E-state index in [0.29, 0.717) is 30.6 Å². The monoisotopic (exact) mass is 416 g/mol. The number of carbonyl (C=O) groups is 1. The topological polar surface area (TPSA) is 60.4 Å². The minimum Gasteiger partial charge on any atom is -0.493 e. The molecule has 4 rings (SSSR count). The fourth-order valence-electron chi connectivity index (χ4n) is 4.37. The highest BCUT2D eigenvalue weighted by molar-refractivity contribution is 7.91. The van der Waals surface area contributed by atoms with Gasteiger partial charge in [0.15, 0.2) is 15.6 Å². The molecule has 0 amide bonds. The number of Topliss-reactive ketones (excluding diaryl/α,β-unsaturated/α-hetero) is 1. The molecule has 28 heavy (non-hydrogen) atoms. The second kappa shape index (κ2) is 6.75. The number of rotatable bonds is 7. The molecule has 0 spiro atoms. The number of halogens is 3. The number of fused-ring (bicyclic) bond motifs is 1. The molecule has 8 heteroatoms. The summed E-state index contributed by atoms with van der Waals surface area (Å²) in [5.41, 5.74) is 0.460. The van der Waals surface area contributed by atoms with Crippen molar-refractivity contribution in [2.24, 2.45) is 17.8 Å². The predicted octanol–water partition coefficient (Wildman–Crippen LogP) is 3.99. The van der Waals surface area contributed by atoms with Gasteiger partial charge < -0.3 is 4.74 Å². The molecule has 3 fully saturated rings. The summed E-state index contributed by atoms with van der Waals surface area (Å²) >= 11 is 0. The molecule has 0 radical (unpaired) electrons. The number of benzene rings is 1. The first-order valence-electron chi connectivity index (χ1n) is 9.61. The SMILES string of the molecule is CS(=O)(=O)CC(=O)c1cc(C2CC2)c(OCC2CCC3C(C2)C3(F)F)cc1F. The van der Waals surface area contributed by atoms with Crippen molar-refractivity contribution in [3.63, 3.8) is 0 Å². The lowest BCUT2D eigenvalue weighted by Crippen LogP contribution is -2.18. The van der Waals surface area contributed by atoms with Gasteiger partial charge in [0.1, 0.15) is 17.3 Å². The van der Waals surface area contributed by atoms with E-state index in [2.05, 4.69) is 0 Å². The van der Waals surface area contributed by atoms with Crippen molar-refractivity contribution in [2.45, 2.75) is 43.9 Å². The Hall–Kier alpha value is -1.57. The number of alkyl halides is 2. The molecular formula is C20H23F3O4S. The molecule has 0 N–H and O–H groups in total. The second-order valence-corrected chi connectivity index (χ2v) is 10.7. The molecular weight excluding hydrogens is 393 g/mol. The Morgan fingerprint density at radius 3 is 2.50 bits per heavy atom. The molecule has 4 nitrogen and oxygen atoms in total. The molecule has 0 bridgehead atoms. The van der Waals surface area contributed by atoms with Crippen LogP contribution in [0, 0.1) is 23.6 Å². The van der Waals surface area contributed by atoms with Gasteiger partial charge in [-0.15, -0.1) is 0 Å². The van der Waals surface area contributed by atoms with Gasteiger partial charge in [0.2, 0.25) is 0 Å². The summed E-state index contributed by atoms with van der Waals surface area (Å²) in [5, 5.41) is 0. The van der Waals surface area contributed by atoms with Gasteiger partial charge in [0.25, 0.3) is 5.92 Å². The minimum atomic E-state index is -3.56. The van der Waals surface area contributed by atoms with E-state index in [1.807, 2.05) is 0 Å². The molecule has 0 aliphatic heterocycles. The van der Waals surface area contributed by atoms with Crippen molar-refractivity contribution in [3.05, 3.63) is 29.1 Å². The van der Waals surface area contributed by atoms with Crippen molar-refractivity contribution >= 4 is 15.6 Å². The third-order valence-corrected chi connectivity index (χ3v) is 6.91. The Kier molecular flexibility index (Phi) is 4.75. The van der Waals surface area contributed by atoms with Crippen LogP contribution < -0.4 is 4.74 Å². The highest BCUT2D eigenvalue weighted by Gasteiger charge is 2.68. The van der Waals surface area contributed by atoms with Crippen LogP contribution in [-0.2, 0) is 9.84 Å². The van der Waals surface area contributed by atoms with Crippen LogP contribution >= 0.6 is 0 Å². The van der Waals surface area contributed by atoms with E-state index in [-0.39, 0.29) is 24.0 Å². The zero-order valence-corrected chi connectivity index (χ0v) is 16.4. The van der Waals surface area contributed by atoms with Crippen LogP contribution in [0.2, 0.25) is 0 Å². The highest BCUT2D eigenvalue weighted by atomic mass is 32.2. The standard InChI is InChI=1S/C20H23F3O4S/c1-28(25,26)10-18(24)14-7-13(12-3-4-12)19(8-17(14)21)27-9-11-2-5-15-16(6-11)20(15,22)23/h7-8,11-12,15-16H,2-6,9-10H2,1H3. The van der Waals surface area contributed by atoms with E-state index in [1.165, 1.54) is 6.07 Å². The zero-order chi connectivity index (χ0) is 20.3. The molecule has 0 saturated heterocycles. The maximum atomic E-state index is 14.5. The highest BCUT2D eigenvalue weighted by Crippen LogP contribution is 2.63. The largest absolute Gasteiger partial charge is 0.493 e. The first-order chi connectivity index (χ1) is 13.1. The molecule has 1 aromatic rings. The Morgan fingerprint density at radius 2 is 1.89 bits per heavy atom. The Bertz CT molecular complexity index is 908. The van der Waals surface area contributed by atoms with Gasteiger partial charge in [-0.2, -0.15) is 0 Å². The zero-order valence-electron chi connectivity index (χ0n) is 15.6. The number of hydrogen-bond donors (Lipinski definition) is 0. The van der Waals surface area contributed by atoms with Crippen LogP contribution in [0.1, 0.15) is 53.9 Å². The van der Waals surface area contributed by atoms with Crippen molar-refractivity contribution < 1.29 is 31.1 Å². The van der Waals surface area contributed by atoms with Crippen molar-refractivity contribution in [2.75, 3.05) is 18.6 Å². The van der Waals surface area contributed by atoms with Crippen molar-refractivity contribution in [1.82, 2.24) is 0 Å². The maximum absolute atomic E-state index is 14.5. The van der Waals surface area contributed by atoms with Crippen LogP contribution in [0.15, 0.2) is 12.1 Å². The average Bonchev–Trinajstić information content (AvgIpc) is 3.50. The molecule has 1 aromatic carbocycles. The summed E-state index contributed by atoms with van der Waals surface area (Å²) in [5.74, 6) is -5.41. The summed E-state index contributed by atoms with van der Waals surface area (Å²) < 4.78 is 70.1. The number of ether oxygens (including phenoxy) is 1. The first-order valence-corrected chi connectivity index (χ1v) is 11.7. The van der Waals surface area contributed by atoms with E-state index in [0.717, 1.165) is 25.2 Å². The van der Waals surface area contributed by atoms with Crippen molar-refractivity contribution in [1.29, 1.82) is 0 Å². The second-order valence-electron chi connectivity index (χ2n) is 8.52. The summed E-state index contributed by atoms with van der Waals surface area (Å²) in [6.07, 6.45) is 4.30. The normalized spacial score (nSPS) is 28.5. The molecule has 0 aromatic heterocycles. The lowest BCUT2D eigenvalue weighted by atomic mass is 9.90. The lowest BCUT2D eigenvalue weighted by molar-refractivity contribution is 0.0836. The number of ketones is 1. The van der Waals surface area contributed by atoms with Gasteiger partial charge in [-0.3, -0.25) is 4.79 Å². The van der Waals surface area contributed by atoms with Gasteiger partial charge in [0, 0.05) is 24.2 Å². The van der Waals surface area contributed by atoms with Crippen LogP contribution in [0.25, 0.3) is 0 Å². The maximum Gasteiger partial charge on any atom is 0.254 e. The van der Waals surface area contributed by atoms with E-state index < -0.39 is 44.9 Å². The van der Waals surface area contributed by atoms with E-state index >= 15 is 0 Å². The minimum absolute atomic E-state index is 0.0104. The molecule has 3 aliphatic rings. The van der Waals surface area contributed by atoms with Gasteiger partial charge in [0.05, 0.1) is 12.2 Å². The van der Waals surface area contributed by atoms with Gasteiger partial charge in [-0.05, 0) is 55.6 Å². The molecule has 3 unspecified atom stereocenters. The molecule has 3 atom stereocenters. The summed E-state index contributed by atoms with van der Waals surface area (Å²) in [4.78, 5) is 12.2. The summed E-state index contributed by atoms with van der Waals surface area (Å²) in [6.45, 7) is 0.245. The summed E-state index contributed by atoms with van der Waals surface area (Å²) in [7, 11) is -3.56. The Morgan fingerprint density at radius 1 is 1.18 bits per heavy atom.